The predicted molar refractivity (Wildman–Crippen MR) is 67.6 cm³/mol. The van der Waals surface area contributed by atoms with Gasteiger partial charge in [-0.15, -0.1) is 0 Å². The Hall–Kier alpha value is -1.97. The Morgan fingerprint density at radius 1 is 1.28 bits per heavy atom. The Kier molecular flexibility index (Phi) is 3.55. The number of ether oxygens (including phenoxy) is 1. The van der Waals surface area contributed by atoms with Crippen LogP contribution in [0.1, 0.15) is 18.4 Å². The maximum atomic E-state index is 8.58. The van der Waals surface area contributed by atoms with Gasteiger partial charge in [0.15, 0.2) is 5.57 Å². The molecule has 0 amide bonds. The molecule has 0 spiro atoms. The first-order valence-corrected chi connectivity index (χ1v) is 5.96. The Labute approximate surface area is 111 Å². The van der Waals surface area contributed by atoms with Crippen LogP contribution in [0, 0.1) is 22.7 Å². The Bertz CT molecular complexity index is 529. The van der Waals surface area contributed by atoms with E-state index in [1.54, 1.807) is 12.1 Å². The molecule has 1 aliphatic rings. The van der Waals surface area contributed by atoms with Gasteiger partial charge in [-0.1, -0.05) is 23.7 Å². The molecule has 0 unspecified atom stereocenters. The summed E-state index contributed by atoms with van der Waals surface area (Å²) in [6.45, 7) is 0.488. The lowest BCUT2D eigenvalue weighted by Crippen LogP contribution is -2.13. The van der Waals surface area contributed by atoms with Crippen LogP contribution in [0.25, 0.3) is 0 Å². The highest BCUT2D eigenvalue weighted by Gasteiger charge is 2.44. The van der Waals surface area contributed by atoms with Crippen LogP contribution in [0.4, 0.5) is 0 Å². The average Bonchev–Trinajstić information content (AvgIpc) is 3.17. The van der Waals surface area contributed by atoms with Crippen LogP contribution < -0.4 is 0 Å². The van der Waals surface area contributed by atoms with Crippen molar-refractivity contribution in [2.45, 2.75) is 18.3 Å². The summed E-state index contributed by atoms with van der Waals surface area (Å²) in [6, 6.07) is 11.2. The second kappa shape index (κ2) is 5.12. The van der Waals surface area contributed by atoms with Crippen LogP contribution in [-0.4, -0.2) is 6.61 Å². The van der Waals surface area contributed by atoms with Gasteiger partial charge in [-0.25, -0.2) is 0 Å². The molecule has 1 aliphatic carbocycles. The maximum absolute atomic E-state index is 8.58. The van der Waals surface area contributed by atoms with E-state index in [0.717, 1.165) is 12.8 Å². The zero-order chi connectivity index (χ0) is 13.0. The van der Waals surface area contributed by atoms with Gasteiger partial charge < -0.3 is 4.74 Å². The van der Waals surface area contributed by atoms with E-state index < -0.39 is 0 Å². The van der Waals surface area contributed by atoms with Gasteiger partial charge in [0, 0.05) is 10.4 Å². The molecular weight excluding hydrogens is 248 g/mol. The fraction of sp³-hybridized carbons (Fsp3) is 0.286. The second-order valence-corrected chi connectivity index (χ2v) is 4.79. The summed E-state index contributed by atoms with van der Waals surface area (Å²) in [4.78, 5) is 0. The molecule has 0 radical (unpaired) electrons. The summed E-state index contributed by atoms with van der Waals surface area (Å²) in [7, 11) is 0. The van der Waals surface area contributed by atoms with Gasteiger partial charge in [-0.3, -0.25) is 0 Å². The maximum Gasteiger partial charge on any atom is 0.163 e. The first-order chi connectivity index (χ1) is 8.70. The van der Waals surface area contributed by atoms with Crippen molar-refractivity contribution in [3.63, 3.8) is 0 Å². The van der Waals surface area contributed by atoms with Gasteiger partial charge >= 0.3 is 0 Å². The molecule has 3 nitrogen and oxygen atoms in total. The number of benzene rings is 1. The van der Waals surface area contributed by atoms with E-state index >= 15 is 0 Å². The normalized spacial score (nSPS) is 15.1. The van der Waals surface area contributed by atoms with E-state index in [9.17, 15) is 0 Å². The summed E-state index contributed by atoms with van der Waals surface area (Å²) in [5.74, 6) is 0. The smallest absolute Gasteiger partial charge is 0.163 e. The summed E-state index contributed by atoms with van der Waals surface area (Å²) < 4.78 is 5.35. The van der Waals surface area contributed by atoms with Crippen molar-refractivity contribution in [1.29, 1.82) is 10.5 Å². The fourth-order valence-corrected chi connectivity index (χ4v) is 1.96. The Morgan fingerprint density at radius 3 is 2.39 bits per heavy atom. The number of nitriles is 2. The van der Waals surface area contributed by atoms with Crippen LogP contribution in [0.15, 0.2) is 36.1 Å². The molecule has 1 aromatic rings. The summed E-state index contributed by atoms with van der Waals surface area (Å²) in [5.41, 5.74) is 1.20. The van der Waals surface area contributed by atoms with Crippen molar-refractivity contribution in [3.05, 3.63) is 46.7 Å². The molecule has 90 valence electrons. The zero-order valence-corrected chi connectivity index (χ0v) is 10.4. The molecule has 0 saturated heterocycles. The van der Waals surface area contributed by atoms with Crippen LogP contribution >= 0.6 is 11.6 Å². The number of rotatable bonds is 4. The lowest BCUT2D eigenvalue weighted by Gasteiger charge is -2.14. The van der Waals surface area contributed by atoms with Gasteiger partial charge in [0.2, 0.25) is 0 Å². The van der Waals surface area contributed by atoms with E-state index in [4.69, 9.17) is 26.9 Å². The number of hydrogen-bond donors (Lipinski definition) is 0. The molecule has 0 atom stereocenters. The lowest BCUT2D eigenvalue weighted by atomic mass is 9.97. The van der Waals surface area contributed by atoms with Crippen molar-refractivity contribution in [2.75, 3.05) is 6.61 Å². The first kappa shape index (κ1) is 12.5. The van der Waals surface area contributed by atoms with E-state index in [-0.39, 0.29) is 11.0 Å². The van der Waals surface area contributed by atoms with Gasteiger partial charge in [-0.2, -0.15) is 10.5 Å². The van der Waals surface area contributed by atoms with E-state index in [2.05, 4.69) is 0 Å². The lowest BCUT2D eigenvalue weighted by molar-refractivity contribution is 0.216. The highest BCUT2D eigenvalue weighted by atomic mass is 35.5. The molecule has 0 N–H and O–H groups in total. The topological polar surface area (TPSA) is 56.8 Å². The molecular formula is C14H11ClN2O. The highest BCUT2D eigenvalue weighted by Crippen LogP contribution is 2.48. The molecule has 0 heterocycles. The van der Waals surface area contributed by atoms with Crippen molar-refractivity contribution in [2.24, 2.45) is 0 Å². The SMILES string of the molecule is N#CC(C#N)=COCC1(c2ccc(Cl)cc2)CC1. The van der Waals surface area contributed by atoms with E-state index in [0.29, 0.717) is 11.6 Å². The predicted octanol–water partition coefficient (Wildman–Crippen LogP) is 3.32. The monoisotopic (exact) mass is 258 g/mol. The van der Waals surface area contributed by atoms with Crippen molar-refractivity contribution in [1.82, 2.24) is 0 Å². The molecule has 18 heavy (non-hydrogen) atoms. The molecule has 0 bridgehead atoms. The Balaban J connectivity index is 2.02. The molecule has 2 rings (SSSR count). The largest absolute Gasteiger partial charge is 0.498 e. The van der Waals surface area contributed by atoms with Gasteiger partial charge in [-0.05, 0) is 30.5 Å². The summed E-state index contributed by atoms with van der Waals surface area (Å²) in [6.07, 6.45) is 3.34. The minimum atomic E-state index is -0.0121. The van der Waals surface area contributed by atoms with Gasteiger partial charge in [0.05, 0.1) is 6.61 Å². The van der Waals surface area contributed by atoms with Crippen molar-refractivity contribution in [3.8, 4) is 12.1 Å². The molecule has 0 aliphatic heterocycles. The minimum Gasteiger partial charge on any atom is -0.498 e. The third-order valence-corrected chi connectivity index (χ3v) is 3.36. The first-order valence-electron chi connectivity index (χ1n) is 5.58. The third-order valence-electron chi connectivity index (χ3n) is 3.11. The van der Waals surface area contributed by atoms with Crippen LogP contribution in [0.3, 0.4) is 0 Å². The average molecular weight is 259 g/mol. The number of nitrogens with zero attached hydrogens (tertiary/aromatic N) is 2. The highest BCUT2D eigenvalue weighted by molar-refractivity contribution is 6.30. The molecule has 1 aromatic carbocycles. The van der Waals surface area contributed by atoms with Gasteiger partial charge in [0.1, 0.15) is 18.4 Å². The van der Waals surface area contributed by atoms with E-state index in [1.165, 1.54) is 11.8 Å². The summed E-state index contributed by atoms with van der Waals surface area (Å²) in [5, 5.41) is 17.9. The number of halogens is 1. The Morgan fingerprint density at radius 2 is 1.89 bits per heavy atom. The molecule has 4 heteroatoms. The zero-order valence-electron chi connectivity index (χ0n) is 9.69. The van der Waals surface area contributed by atoms with Gasteiger partial charge in [0.25, 0.3) is 0 Å². The minimum absolute atomic E-state index is 0.0121. The fourth-order valence-electron chi connectivity index (χ4n) is 1.83. The summed E-state index contributed by atoms with van der Waals surface area (Å²) >= 11 is 5.85. The second-order valence-electron chi connectivity index (χ2n) is 4.35. The third kappa shape index (κ3) is 2.64. The van der Waals surface area contributed by atoms with Crippen molar-refractivity contribution < 1.29 is 4.74 Å². The molecule has 0 aromatic heterocycles. The molecule has 1 saturated carbocycles. The van der Waals surface area contributed by atoms with E-state index in [1.807, 2.05) is 24.3 Å². The number of hydrogen-bond acceptors (Lipinski definition) is 3. The van der Waals surface area contributed by atoms with Crippen LogP contribution in [0.2, 0.25) is 5.02 Å². The quantitative estimate of drug-likeness (QED) is 0.615. The van der Waals surface area contributed by atoms with Crippen LogP contribution in [0.5, 0.6) is 0 Å². The van der Waals surface area contributed by atoms with Crippen LogP contribution in [-0.2, 0) is 10.2 Å². The number of allylic oxidation sites excluding steroid dienone is 1. The van der Waals surface area contributed by atoms with Crippen molar-refractivity contribution >= 4 is 11.6 Å². The standard InChI is InChI=1S/C14H11ClN2O/c15-13-3-1-12(2-4-13)14(5-6-14)10-18-9-11(7-16)8-17/h1-4,9H,5-6,10H2. The molecule has 1 fully saturated rings.